The lowest BCUT2D eigenvalue weighted by atomic mass is 9.99. The van der Waals surface area contributed by atoms with Gasteiger partial charge in [0, 0.05) is 18.1 Å². The van der Waals surface area contributed by atoms with Crippen LogP contribution in [0.3, 0.4) is 0 Å². The normalized spacial score (nSPS) is 9.35. The highest BCUT2D eigenvalue weighted by molar-refractivity contribution is 6.38. The molecule has 0 amide bonds. The molecule has 0 fully saturated rings. The molecule has 3 nitrogen and oxygen atoms in total. The fourth-order valence-electron chi connectivity index (χ4n) is 1.62. The summed E-state index contributed by atoms with van der Waals surface area (Å²) in [6.07, 6.45) is 4.26. The zero-order valence-electron chi connectivity index (χ0n) is 12.8. The number of halogens is 1. The maximum Gasteiger partial charge on any atom is 0.448 e. The summed E-state index contributed by atoms with van der Waals surface area (Å²) in [6, 6.07) is 7.04. The van der Waals surface area contributed by atoms with E-state index >= 15 is 0 Å². The molecule has 2 N–H and O–H groups in total. The Labute approximate surface area is 121 Å². The van der Waals surface area contributed by atoms with Crippen molar-refractivity contribution in [2.75, 3.05) is 0 Å². The Balaban J connectivity index is 0.000000438. The maximum atomic E-state index is 13.2. The van der Waals surface area contributed by atoms with E-state index in [4.69, 9.17) is 10.0 Å². The van der Waals surface area contributed by atoms with Gasteiger partial charge in [0.15, 0.2) is 0 Å². The van der Waals surface area contributed by atoms with Crippen molar-refractivity contribution in [3.8, 4) is 0 Å². The minimum atomic E-state index is -1.17. The van der Waals surface area contributed by atoms with Gasteiger partial charge in [-0.2, -0.15) is 0 Å². The number of fused-ring (bicyclic) bond motifs is 1. The lowest BCUT2D eigenvalue weighted by Gasteiger charge is -2.01. The lowest BCUT2D eigenvalue weighted by Crippen LogP contribution is -2.00. The van der Waals surface area contributed by atoms with E-state index in [0.717, 1.165) is 23.9 Å². The van der Waals surface area contributed by atoms with Crippen molar-refractivity contribution < 1.29 is 14.4 Å². The number of hydrogen-bond acceptors (Lipinski definition) is 2. The zero-order chi connectivity index (χ0) is 15.5. The number of rotatable bonds is 2. The van der Waals surface area contributed by atoms with Crippen LogP contribution in [0.25, 0.3) is 10.9 Å². The van der Waals surface area contributed by atoms with E-state index in [-0.39, 0.29) is 5.82 Å². The molecular formula is C15H25BFNO2. The van der Waals surface area contributed by atoms with Crippen LogP contribution in [-0.2, 0) is 6.54 Å². The number of benzene rings is 1. The number of aromatic nitrogens is 1. The van der Waals surface area contributed by atoms with Crippen LogP contribution in [0.1, 0.15) is 33.6 Å². The van der Waals surface area contributed by atoms with E-state index < -0.39 is 7.12 Å². The molecule has 0 radical (unpaired) electrons. The topological polar surface area (TPSA) is 45.4 Å². The van der Waals surface area contributed by atoms with Crippen LogP contribution in [0.4, 0.5) is 4.39 Å². The van der Waals surface area contributed by atoms with Crippen molar-refractivity contribution in [2.45, 2.75) is 47.0 Å². The van der Waals surface area contributed by atoms with Crippen molar-refractivity contribution in [3.63, 3.8) is 0 Å². The van der Waals surface area contributed by atoms with E-state index in [9.17, 15) is 4.39 Å². The third-order valence-corrected chi connectivity index (χ3v) is 2.22. The van der Waals surface area contributed by atoms with Crippen molar-refractivity contribution in [3.05, 3.63) is 36.3 Å². The molecule has 20 heavy (non-hydrogen) atoms. The highest BCUT2D eigenvalue weighted by atomic mass is 19.1. The molecule has 0 aliphatic carbocycles. The average Bonchev–Trinajstić information content (AvgIpc) is 2.75. The summed E-state index contributed by atoms with van der Waals surface area (Å²) < 4.78 is 15.3. The smallest absolute Gasteiger partial charge is 0.427 e. The second kappa shape index (κ2) is 10.5. The van der Waals surface area contributed by atoms with Crippen LogP contribution >= 0.6 is 0 Å². The zero-order valence-corrected chi connectivity index (χ0v) is 12.8. The molecule has 112 valence electrons. The van der Waals surface area contributed by atoms with Crippen LogP contribution in [0.15, 0.2) is 30.5 Å². The predicted molar refractivity (Wildman–Crippen MR) is 84.2 cm³/mol. The third kappa shape index (κ3) is 6.73. The van der Waals surface area contributed by atoms with Crippen molar-refractivity contribution >= 4 is 18.0 Å². The summed E-state index contributed by atoms with van der Waals surface area (Å²) in [7, 11) is -1.17. The standard InChI is InChI=1S/C11H12FN.C3H8.CH5BO2/c1-2-7-13-8-6-9-10(12)4-3-5-11(9)13;1-3-2;1-2(3)4/h3-6,8H,2,7H2,1H3;3H2,1-2H3;3-4H,1H3. The molecule has 5 heteroatoms. The van der Waals surface area contributed by atoms with Gasteiger partial charge in [0.1, 0.15) is 5.82 Å². The van der Waals surface area contributed by atoms with E-state index in [0.29, 0.717) is 0 Å². The van der Waals surface area contributed by atoms with E-state index in [1.54, 1.807) is 6.07 Å². The highest BCUT2D eigenvalue weighted by Crippen LogP contribution is 2.18. The molecule has 2 rings (SSSR count). The third-order valence-electron chi connectivity index (χ3n) is 2.22. The molecule has 0 aliphatic heterocycles. The van der Waals surface area contributed by atoms with Gasteiger partial charge in [-0.15, -0.1) is 0 Å². The number of aryl methyl sites for hydroxylation is 1. The average molecular weight is 281 g/mol. The van der Waals surface area contributed by atoms with Crippen molar-refractivity contribution in [2.24, 2.45) is 0 Å². The van der Waals surface area contributed by atoms with E-state index in [1.165, 1.54) is 19.3 Å². The van der Waals surface area contributed by atoms with Gasteiger partial charge in [-0.1, -0.05) is 33.3 Å². The summed E-state index contributed by atoms with van der Waals surface area (Å²) in [6.45, 7) is 8.60. The van der Waals surface area contributed by atoms with Gasteiger partial charge in [0.2, 0.25) is 0 Å². The summed E-state index contributed by atoms with van der Waals surface area (Å²) in [4.78, 5) is 0. The van der Waals surface area contributed by atoms with Gasteiger partial charge < -0.3 is 14.6 Å². The van der Waals surface area contributed by atoms with Crippen LogP contribution in [0.2, 0.25) is 6.82 Å². The van der Waals surface area contributed by atoms with Gasteiger partial charge >= 0.3 is 7.12 Å². The molecule has 0 saturated heterocycles. The Hall–Kier alpha value is -1.33. The molecule has 0 bridgehead atoms. The van der Waals surface area contributed by atoms with Crippen LogP contribution in [0, 0.1) is 5.82 Å². The van der Waals surface area contributed by atoms with Gasteiger partial charge in [-0.25, -0.2) is 4.39 Å². The molecule has 0 aliphatic rings. The van der Waals surface area contributed by atoms with Gasteiger partial charge in [-0.05, 0) is 31.4 Å². The van der Waals surface area contributed by atoms with Crippen LogP contribution < -0.4 is 0 Å². The molecular weight excluding hydrogens is 256 g/mol. The first kappa shape index (κ1) is 18.7. The largest absolute Gasteiger partial charge is 0.448 e. The highest BCUT2D eigenvalue weighted by Gasteiger charge is 2.03. The van der Waals surface area contributed by atoms with Gasteiger partial charge in [0.25, 0.3) is 0 Å². The van der Waals surface area contributed by atoms with Crippen LogP contribution in [-0.4, -0.2) is 21.7 Å². The predicted octanol–water partition coefficient (Wildman–Crippen LogP) is 3.70. The molecule has 0 spiro atoms. The fourth-order valence-corrected chi connectivity index (χ4v) is 1.62. The molecule has 2 aromatic rings. The molecule has 1 aromatic carbocycles. The monoisotopic (exact) mass is 281 g/mol. The summed E-state index contributed by atoms with van der Waals surface area (Å²) >= 11 is 0. The minimum absolute atomic E-state index is 0.132. The Morgan fingerprint density at radius 1 is 1.15 bits per heavy atom. The summed E-state index contributed by atoms with van der Waals surface area (Å²) in [5.74, 6) is -0.132. The second-order valence-electron chi connectivity index (χ2n) is 4.52. The first-order chi connectivity index (χ1) is 9.47. The maximum absolute atomic E-state index is 13.2. The first-order valence-corrected chi connectivity index (χ1v) is 7.07. The number of hydrogen-bond donors (Lipinski definition) is 2. The van der Waals surface area contributed by atoms with Gasteiger partial charge in [0.05, 0.1) is 5.52 Å². The lowest BCUT2D eigenvalue weighted by molar-refractivity contribution is 0.417. The second-order valence-corrected chi connectivity index (χ2v) is 4.52. The molecule has 0 atom stereocenters. The Morgan fingerprint density at radius 2 is 1.70 bits per heavy atom. The van der Waals surface area contributed by atoms with E-state index in [2.05, 4.69) is 25.3 Å². The Bertz CT molecular complexity index is 483. The Kier molecular flexibility index (Phi) is 9.77. The summed E-state index contributed by atoms with van der Waals surface area (Å²) in [5.41, 5.74) is 0.988. The molecule has 1 heterocycles. The van der Waals surface area contributed by atoms with Crippen molar-refractivity contribution in [1.29, 1.82) is 0 Å². The summed E-state index contributed by atoms with van der Waals surface area (Å²) in [5, 5.41) is 15.9. The first-order valence-electron chi connectivity index (χ1n) is 7.07. The van der Waals surface area contributed by atoms with Crippen molar-refractivity contribution in [1.82, 2.24) is 4.57 Å². The fraction of sp³-hybridized carbons (Fsp3) is 0.467. The van der Waals surface area contributed by atoms with Gasteiger partial charge in [-0.3, -0.25) is 0 Å². The molecule has 1 aromatic heterocycles. The molecule has 0 saturated carbocycles. The minimum Gasteiger partial charge on any atom is -0.427 e. The SMILES string of the molecule is CB(O)O.CCC.CCCn1ccc2c(F)cccc21. The number of nitrogens with zero attached hydrogens (tertiary/aromatic N) is 1. The quantitative estimate of drug-likeness (QED) is 0.824. The van der Waals surface area contributed by atoms with E-state index in [1.807, 2.05) is 18.3 Å². The molecule has 0 unspecified atom stereocenters. The van der Waals surface area contributed by atoms with Crippen LogP contribution in [0.5, 0.6) is 0 Å². The Morgan fingerprint density at radius 3 is 2.20 bits per heavy atom.